The Bertz CT molecular complexity index is 720. The van der Waals surface area contributed by atoms with E-state index >= 15 is 0 Å². The van der Waals surface area contributed by atoms with Crippen LogP contribution in [0.15, 0.2) is 35.3 Å². The molecule has 1 aromatic carbocycles. The Morgan fingerprint density at radius 3 is 2.41 bits per heavy atom. The van der Waals surface area contributed by atoms with E-state index in [1.165, 1.54) is 5.69 Å². The van der Waals surface area contributed by atoms with Crippen LogP contribution in [0.25, 0.3) is 0 Å². The van der Waals surface area contributed by atoms with Crippen molar-refractivity contribution in [1.82, 2.24) is 20.4 Å². The highest BCUT2D eigenvalue weighted by molar-refractivity contribution is 14.0. The highest BCUT2D eigenvalue weighted by Crippen LogP contribution is 2.19. The molecule has 3 rings (SSSR count). The number of likely N-dealkylation sites (tertiary alicyclic amines) is 1. The summed E-state index contributed by atoms with van der Waals surface area (Å²) in [5.74, 6) is 1.60. The van der Waals surface area contributed by atoms with Crippen LogP contribution in [0.5, 0.6) is 0 Å². The molecule has 0 radical (unpaired) electrons. The number of guanidine groups is 1. The van der Waals surface area contributed by atoms with Gasteiger partial charge in [-0.3, -0.25) is 14.7 Å². The Morgan fingerprint density at radius 1 is 1.12 bits per heavy atom. The van der Waals surface area contributed by atoms with Crippen LogP contribution in [-0.4, -0.2) is 86.1 Å². The van der Waals surface area contributed by atoms with Crippen LogP contribution in [-0.2, 0) is 4.79 Å². The monoisotopic (exact) mass is 556 g/mol. The van der Waals surface area contributed by atoms with Gasteiger partial charge in [0.05, 0.1) is 6.54 Å². The third kappa shape index (κ3) is 7.50. The standard InChI is InChI=1S/C24H40N6O.HI/c1-5-25-24(27-22-18-30(19(2)3)17-20(22)4)26-12-11-23(31)29-15-13-28(14-16-29)21-9-7-6-8-10-21;/h6-10,19-20,22H,5,11-18H2,1-4H3,(H2,25,26,27);1H. The lowest BCUT2D eigenvalue weighted by Gasteiger charge is -2.36. The van der Waals surface area contributed by atoms with E-state index in [-0.39, 0.29) is 29.9 Å². The molecule has 2 fully saturated rings. The number of nitrogens with zero attached hydrogens (tertiary/aromatic N) is 4. The Hall–Kier alpha value is -1.55. The summed E-state index contributed by atoms with van der Waals surface area (Å²) in [5.41, 5.74) is 1.23. The zero-order valence-electron chi connectivity index (χ0n) is 20.1. The van der Waals surface area contributed by atoms with Gasteiger partial charge in [-0.2, -0.15) is 0 Å². The molecular weight excluding hydrogens is 515 g/mol. The van der Waals surface area contributed by atoms with Gasteiger partial charge in [-0.1, -0.05) is 25.1 Å². The average Bonchev–Trinajstić information content (AvgIpc) is 3.15. The number of amides is 1. The number of hydrogen-bond acceptors (Lipinski definition) is 4. The molecular formula is C24H41IN6O. The van der Waals surface area contributed by atoms with Gasteiger partial charge >= 0.3 is 0 Å². The molecule has 1 aromatic rings. The molecule has 2 atom stereocenters. The van der Waals surface area contributed by atoms with Gasteiger partial charge < -0.3 is 20.4 Å². The fourth-order valence-electron chi connectivity index (χ4n) is 4.38. The number of nitrogens with one attached hydrogen (secondary N) is 2. The molecule has 2 N–H and O–H groups in total. The summed E-state index contributed by atoms with van der Waals surface area (Å²) in [6, 6.07) is 11.4. The quantitative estimate of drug-likeness (QED) is 0.307. The van der Waals surface area contributed by atoms with Crippen molar-refractivity contribution in [3.63, 3.8) is 0 Å². The summed E-state index contributed by atoms with van der Waals surface area (Å²) in [4.78, 5) is 24.2. The van der Waals surface area contributed by atoms with Gasteiger partial charge in [0.25, 0.3) is 0 Å². The smallest absolute Gasteiger partial charge is 0.224 e. The molecule has 0 spiro atoms. The highest BCUT2D eigenvalue weighted by atomic mass is 127. The third-order valence-corrected chi connectivity index (χ3v) is 6.39. The first kappa shape index (κ1) is 26.7. The van der Waals surface area contributed by atoms with E-state index in [1.54, 1.807) is 0 Å². The topological polar surface area (TPSA) is 63.2 Å². The van der Waals surface area contributed by atoms with E-state index in [2.05, 4.69) is 72.4 Å². The fraction of sp³-hybridized carbons (Fsp3) is 0.667. The number of halogens is 1. The maximum atomic E-state index is 12.7. The lowest BCUT2D eigenvalue weighted by atomic mass is 10.1. The summed E-state index contributed by atoms with van der Waals surface area (Å²) in [6.07, 6.45) is 0.459. The predicted molar refractivity (Wildman–Crippen MR) is 144 cm³/mol. The van der Waals surface area contributed by atoms with Gasteiger partial charge in [-0.05, 0) is 38.8 Å². The van der Waals surface area contributed by atoms with Gasteiger partial charge in [0, 0.05) is 70.0 Å². The zero-order valence-corrected chi connectivity index (χ0v) is 22.4. The molecule has 180 valence electrons. The minimum atomic E-state index is 0. The second kappa shape index (κ2) is 13.2. The first-order chi connectivity index (χ1) is 15.0. The van der Waals surface area contributed by atoms with Gasteiger partial charge in [-0.25, -0.2) is 0 Å². The number of anilines is 1. The number of hydrogen-bond donors (Lipinski definition) is 2. The first-order valence-electron chi connectivity index (χ1n) is 11.8. The van der Waals surface area contributed by atoms with Crippen LogP contribution in [0.1, 0.15) is 34.1 Å². The maximum Gasteiger partial charge on any atom is 0.224 e. The van der Waals surface area contributed by atoms with E-state index in [0.29, 0.717) is 31.0 Å². The van der Waals surface area contributed by atoms with Crippen molar-refractivity contribution in [3.8, 4) is 0 Å². The van der Waals surface area contributed by atoms with E-state index in [1.807, 2.05) is 11.0 Å². The van der Waals surface area contributed by atoms with Crippen LogP contribution >= 0.6 is 24.0 Å². The Morgan fingerprint density at radius 2 is 1.81 bits per heavy atom. The van der Waals surface area contributed by atoms with Crippen LogP contribution in [0.3, 0.4) is 0 Å². The molecule has 32 heavy (non-hydrogen) atoms. The summed E-state index contributed by atoms with van der Waals surface area (Å²) < 4.78 is 0. The van der Waals surface area contributed by atoms with Crippen LogP contribution in [0, 0.1) is 5.92 Å². The SMILES string of the molecule is CCNC(=NCCC(=O)N1CCN(c2ccccc2)CC1)NC1CN(C(C)C)CC1C.I. The van der Waals surface area contributed by atoms with Crippen molar-refractivity contribution in [3.05, 3.63) is 30.3 Å². The Kier molecular flexibility index (Phi) is 11.0. The number of carbonyl (C=O) groups is 1. The molecule has 2 aliphatic rings. The fourth-order valence-corrected chi connectivity index (χ4v) is 4.38. The minimum Gasteiger partial charge on any atom is -0.368 e. The molecule has 0 aromatic heterocycles. The van der Waals surface area contributed by atoms with Gasteiger partial charge in [0.1, 0.15) is 0 Å². The van der Waals surface area contributed by atoms with Gasteiger partial charge in [-0.15, -0.1) is 24.0 Å². The van der Waals surface area contributed by atoms with Crippen LogP contribution in [0.2, 0.25) is 0 Å². The molecule has 2 heterocycles. The Balaban J connectivity index is 0.00000363. The predicted octanol–water partition coefficient (Wildman–Crippen LogP) is 2.63. The van der Waals surface area contributed by atoms with Gasteiger partial charge in [0.15, 0.2) is 5.96 Å². The highest BCUT2D eigenvalue weighted by Gasteiger charge is 2.31. The van der Waals surface area contributed by atoms with Crippen molar-refractivity contribution >= 4 is 41.5 Å². The number of rotatable bonds is 7. The largest absolute Gasteiger partial charge is 0.368 e. The molecule has 8 heteroatoms. The summed E-state index contributed by atoms with van der Waals surface area (Å²) in [7, 11) is 0. The van der Waals surface area contributed by atoms with Crippen molar-refractivity contribution < 1.29 is 4.79 Å². The lowest BCUT2D eigenvalue weighted by Crippen LogP contribution is -2.49. The van der Waals surface area contributed by atoms with Gasteiger partial charge in [0.2, 0.25) is 5.91 Å². The molecule has 0 bridgehead atoms. The van der Waals surface area contributed by atoms with Crippen molar-refractivity contribution in [2.45, 2.75) is 46.2 Å². The third-order valence-electron chi connectivity index (χ3n) is 6.39. The molecule has 1 amide bonds. The second-order valence-corrected chi connectivity index (χ2v) is 8.99. The average molecular weight is 557 g/mol. The zero-order chi connectivity index (χ0) is 22.2. The summed E-state index contributed by atoms with van der Waals surface area (Å²) >= 11 is 0. The van der Waals surface area contributed by atoms with Crippen LogP contribution in [0.4, 0.5) is 5.69 Å². The molecule has 2 saturated heterocycles. The maximum absolute atomic E-state index is 12.7. The van der Waals surface area contributed by atoms with E-state index < -0.39 is 0 Å². The number of carbonyl (C=O) groups excluding carboxylic acids is 1. The number of para-hydroxylation sites is 1. The number of benzene rings is 1. The number of aliphatic imine (C=N–C) groups is 1. The van der Waals surface area contributed by atoms with E-state index in [4.69, 9.17) is 4.99 Å². The summed E-state index contributed by atoms with van der Waals surface area (Å²) in [5, 5.41) is 6.93. The van der Waals surface area contributed by atoms with Crippen molar-refractivity contribution in [2.75, 3.05) is 57.3 Å². The lowest BCUT2D eigenvalue weighted by molar-refractivity contribution is -0.131. The molecule has 2 unspecified atom stereocenters. The number of piperazine rings is 1. The molecule has 2 aliphatic heterocycles. The van der Waals surface area contributed by atoms with Crippen molar-refractivity contribution in [1.29, 1.82) is 0 Å². The summed E-state index contributed by atoms with van der Waals surface area (Å²) in [6.45, 7) is 15.7. The normalized spacial score (nSPS) is 22.1. The molecule has 7 nitrogen and oxygen atoms in total. The van der Waals surface area contributed by atoms with E-state index in [9.17, 15) is 4.79 Å². The molecule has 0 aliphatic carbocycles. The van der Waals surface area contributed by atoms with Crippen molar-refractivity contribution in [2.24, 2.45) is 10.9 Å². The van der Waals surface area contributed by atoms with E-state index in [0.717, 1.165) is 51.8 Å². The second-order valence-electron chi connectivity index (χ2n) is 8.99. The first-order valence-corrected chi connectivity index (χ1v) is 11.8. The van der Waals surface area contributed by atoms with Crippen LogP contribution < -0.4 is 15.5 Å². The Labute approximate surface area is 211 Å². The minimum absolute atomic E-state index is 0. The molecule has 0 saturated carbocycles.